The van der Waals surface area contributed by atoms with Gasteiger partial charge in [-0.15, -0.1) is 0 Å². The quantitative estimate of drug-likeness (QED) is 0.599. The van der Waals surface area contributed by atoms with Gasteiger partial charge in [-0.25, -0.2) is 0 Å². The lowest BCUT2D eigenvalue weighted by Crippen LogP contribution is -2.27. The van der Waals surface area contributed by atoms with Crippen molar-refractivity contribution in [3.63, 3.8) is 0 Å². The first kappa shape index (κ1) is 12.8. The maximum absolute atomic E-state index is 10.9. The first-order valence-corrected chi connectivity index (χ1v) is 6.32. The molecule has 0 heterocycles. The third-order valence-corrected chi connectivity index (χ3v) is 3.94. The zero-order valence-corrected chi connectivity index (χ0v) is 10.6. The predicted octanol–water partition coefficient (Wildman–Crippen LogP) is 3.97. The Kier molecular flexibility index (Phi) is 3.53. The maximum Gasteiger partial charge on any atom is 0.288 e. The number of benzene rings is 1. The number of nitro benzene ring substituents is 1. The van der Waals surface area contributed by atoms with Crippen LogP contribution in [0.25, 0.3) is 0 Å². The first-order valence-electron chi connectivity index (χ1n) is 5.95. The second-order valence-corrected chi connectivity index (χ2v) is 5.09. The highest BCUT2D eigenvalue weighted by Crippen LogP contribution is 2.41. The largest absolute Gasteiger partial charge is 0.288 e. The number of hydrogen-bond donors (Lipinski definition) is 0. The molecular weight excluding hydrogens is 252 g/mol. The Balaban J connectivity index is 2.47. The van der Waals surface area contributed by atoms with Crippen molar-refractivity contribution in [2.45, 2.75) is 37.5 Å². The fourth-order valence-corrected chi connectivity index (χ4v) is 2.76. The van der Waals surface area contributed by atoms with Gasteiger partial charge in [-0.1, -0.05) is 36.9 Å². The van der Waals surface area contributed by atoms with Crippen LogP contribution >= 0.6 is 11.6 Å². The Labute approximate surface area is 110 Å². The van der Waals surface area contributed by atoms with Gasteiger partial charge in [0.05, 0.1) is 16.4 Å². The Morgan fingerprint density at radius 3 is 2.56 bits per heavy atom. The van der Waals surface area contributed by atoms with Gasteiger partial charge in [0.2, 0.25) is 0 Å². The van der Waals surface area contributed by atoms with E-state index in [-0.39, 0.29) is 10.7 Å². The molecule has 1 aliphatic rings. The Morgan fingerprint density at radius 2 is 2.00 bits per heavy atom. The Bertz CT molecular complexity index is 516. The second kappa shape index (κ2) is 4.95. The number of rotatable bonds is 2. The molecule has 18 heavy (non-hydrogen) atoms. The van der Waals surface area contributed by atoms with E-state index in [4.69, 9.17) is 11.6 Å². The molecule has 0 aromatic heterocycles. The van der Waals surface area contributed by atoms with E-state index in [0.29, 0.717) is 0 Å². The van der Waals surface area contributed by atoms with Crippen LogP contribution in [0.5, 0.6) is 0 Å². The van der Waals surface area contributed by atoms with Crippen molar-refractivity contribution in [2.24, 2.45) is 0 Å². The third kappa shape index (κ3) is 2.19. The van der Waals surface area contributed by atoms with E-state index < -0.39 is 10.3 Å². The number of nitriles is 1. The fraction of sp³-hybridized carbons (Fsp3) is 0.462. The first-order chi connectivity index (χ1) is 8.59. The van der Waals surface area contributed by atoms with Gasteiger partial charge in [-0.2, -0.15) is 5.26 Å². The topological polar surface area (TPSA) is 66.9 Å². The van der Waals surface area contributed by atoms with Crippen molar-refractivity contribution in [3.8, 4) is 6.07 Å². The zero-order chi connectivity index (χ0) is 13.2. The Morgan fingerprint density at radius 1 is 1.33 bits per heavy atom. The lowest BCUT2D eigenvalue weighted by molar-refractivity contribution is -0.384. The monoisotopic (exact) mass is 264 g/mol. The average molecular weight is 265 g/mol. The minimum Gasteiger partial charge on any atom is -0.258 e. The maximum atomic E-state index is 10.9. The predicted molar refractivity (Wildman–Crippen MR) is 68.5 cm³/mol. The lowest BCUT2D eigenvalue weighted by atomic mass is 9.70. The molecule has 0 saturated heterocycles. The van der Waals surface area contributed by atoms with Crippen LogP contribution in [0, 0.1) is 21.4 Å². The summed E-state index contributed by atoms with van der Waals surface area (Å²) in [6.45, 7) is 0. The molecule has 1 fully saturated rings. The van der Waals surface area contributed by atoms with Crippen LogP contribution in [0.3, 0.4) is 0 Å². The highest BCUT2D eigenvalue weighted by Gasteiger charge is 2.35. The molecule has 4 nitrogen and oxygen atoms in total. The van der Waals surface area contributed by atoms with E-state index in [1.54, 1.807) is 6.07 Å². The molecule has 0 radical (unpaired) electrons. The van der Waals surface area contributed by atoms with Crippen LogP contribution in [0.2, 0.25) is 5.02 Å². The van der Waals surface area contributed by atoms with E-state index in [2.05, 4.69) is 6.07 Å². The van der Waals surface area contributed by atoms with Crippen molar-refractivity contribution in [3.05, 3.63) is 38.9 Å². The molecule has 0 aliphatic heterocycles. The van der Waals surface area contributed by atoms with Gasteiger partial charge in [-0.05, 0) is 24.5 Å². The summed E-state index contributed by atoms with van der Waals surface area (Å²) in [4.78, 5) is 10.4. The van der Waals surface area contributed by atoms with Gasteiger partial charge in [0, 0.05) is 6.07 Å². The highest BCUT2D eigenvalue weighted by molar-refractivity contribution is 6.32. The SMILES string of the molecule is N#CC1(c2ccc(Cl)c([N+](=O)[O-])c2)CCCCC1. The normalized spacial score (nSPS) is 18.0. The highest BCUT2D eigenvalue weighted by atomic mass is 35.5. The molecule has 5 heteroatoms. The van der Waals surface area contributed by atoms with Gasteiger partial charge in [0.25, 0.3) is 5.69 Å². The van der Waals surface area contributed by atoms with E-state index in [1.807, 2.05) is 0 Å². The van der Waals surface area contributed by atoms with Crippen molar-refractivity contribution in [1.82, 2.24) is 0 Å². The molecule has 0 spiro atoms. The van der Waals surface area contributed by atoms with Crippen molar-refractivity contribution >= 4 is 17.3 Å². The number of nitro groups is 1. The molecule has 94 valence electrons. The minimum atomic E-state index is -0.576. The van der Waals surface area contributed by atoms with Gasteiger partial charge in [0.1, 0.15) is 5.02 Å². The third-order valence-electron chi connectivity index (χ3n) is 3.62. The van der Waals surface area contributed by atoms with Gasteiger partial charge in [0.15, 0.2) is 0 Å². The minimum absolute atomic E-state index is 0.116. The van der Waals surface area contributed by atoms with E-state index in [9.17, 15) is 15.4 Å². The molecule has 1 saturated carbocycles. The van der Waals surface area contributed by atoms with Crippen LogP contribution in [-0.2, 0) is 5.41 Å². The van der Waals surface area contributed by atoms with Crippen LogP contribution < -0.4 is 0 Å². The molecule has 2 rings (SSSR count). The summed E-state index contributed by atoms with van der Waals surface area (Å²) < 4.78 is 0. The van der Waals surface area contributed by atoms with E-state index in [0.717, 1.165) is 37.7 Å². The van der Waals surface area contributed by atoms with Crippen LogP contribution in [0.15, 0.2) is 18.2 Å². The fourth-order valence-electron chi connectivity index (χ4n) is 2.57. The number of hydrogen-bond acceptors (Lipinski definition) is 3. The molecule has 0 N–H and O–H groups in total. The lowest BCUT2D eigenvalue weighted by Gasteiger charge is -2.30. The summed E-state index contributed by atoms with van der Waals surface area (Å²) in [5.41, 5.74) is 0.0308. The van der Waals surface area contributed by atoms with Gasteiger partial charge in [-0.3, -0.25) is 10.1 Å². The number of nitrogens with zero attached hydrogens (tertiary/aromatic N) is 2. The van der Waals surface area contributed by atoms with Gasteiger partial charge >= 0.3 is 0 Å². The van der Waals surface area contributed by atoms with E-state index >= 15 is 0 Å². The average Bonchev–Trinajstić information content (AvgIpc) is 2.39. The summed E-state index contributed by atoms with van der Waals surface area (Å²) >= 11 is 5.79. The van der Waals surface area contributed by atoms with Gasteiger partial charge < -0.3 is 0 Å². The molecule has 0 amide bonds. The molecule has 0 bridgehead atoms. The molecule has 1 aromatic rings. The van der Waals surface area contributed by atoms with Crippen molar-refractivity contribution < 1.29 is 4.92 Å². The van der Waals surface area contributed by atoms with Crippen molar-refractivity contribution in [1.29, 1.82) is 5.26 Å². The van der Waals surface area contributed by atoms with Crippen LogP contribution in [0.4, 0.5) is 5.69 Å². The summed E-state index contributed by atoms with van der Waals surface area (Å²) in [6.07, 6.45) is 4.64. The summed E-state index contributed by atoms with van der Waals surface area (Å²) in [6, 6.07) is 7.07. The molecular formula is C13H13ClN2O2. The summed E-state index contributed by atoms with van der Waals surface area (Å²) in [7, 11) is 0. The van der Waals surface area contributed by atoms with Crippen LogP contribution in [-0.4, -0.2) is 4.92 Å². The standard InChI is InChI=1S/C13H13ClN2O2/c14-11-5-4-10(8-12(11)16(17)18)13(9-15)6-2-1-3-7-13/h4-5,8H,1-3,6-7H2. The molecule has 0 unspecified atom stereocenters. The molecule has 0 atom stereocenters. The molecule has 1 aliphatic carbocycles. The summed E-state index contributed by atoms with van der Waals surface area (Å²) in [5.74, 6) is 0. The van der Waals surface area contributed by atoms with Crippen LogP contribution in [0.1, 0.15) is 37.7 Å². The van der Waals surface area contributed by atoms with Crippen molar-refractivity contribution in [2.75, 3.05) is 0 Å². The second-order valence-electron chi connectivity index (χ2n) is 4.68. The number of halogens is 1. The smallest absolute Gasteiger partial charge is 0.258 e. The Hall–Kier alpha value is -1.60. The van der Waals surface area contributed by atoms with E-state index in [1.165, 1.54) is 12.1 Å². The zero-order valence-electron chi connectivity index (χ0n) is 9.86. The molecule has 1 aromatic carbocycles. The summed E-state index contributed by atoms with van der Waals surface area (Å²) in [5, 5.41) is 20.4.